The van der Waals surface area contributed by atoms with Crippen molar-refractivity contribution < 1.29 is 14.6 Å². The fourth-order valence-corrected chi connectivity index (χ4v) is 2.26. The van der Waals surface area contributed by atoms with Crippen LogP contribution in [0.4, 0.5) is 0 Å². The zero-order valence-electron chi connectivity index (χ0n) is 13.8. The molecule has 0 aromatic heterocycles. The van der Waals surface area contributed by atoms with E-state index in [4.69, 9.17) is 9.84 Å². The molecule has 1 aliphatic heterocycles. The Kier molecular flexibility index (Phi) is 16.3. The standard InChI is InChI=1S/C12H22O2.C6H12O/c13-12-10-8-6-4-2-1-3-5-7-9-11-14-12;1-2-3-4-5-6-7/h1-11H2;5-7H,2-4H2,1H3. The number of aliphatic hydroxyl groups is 1. The summed E-state index contributed by atoms with van der Waals surface area (Å²) in [5, 5.41) is 8.11. The second kappa shape index (κ2) is 17.1. The molecule has 0 atom stereocenters. The molecule has 0 saturated carbocycles. The van der Waals surface area contributed by atoms with Crippen molar-refractivity contribution in [3.63, 3.8) is 0 Å². The number of ether oxygens (including phenoxy) is 1. The molecule has 0 aromatic rings. The first-order valence-corrected chi connectivity index (χ1v) is 8.76. The van der Waals surface area contributed by atoms with E-state index in [2.05, 4.69) is 6.92 Å². The van der Waals surface area contributed by atoms with Crippen molar-refractivity contribution >= 4 is 5.97 Å². The second-order valence-electron chi connectivity index (χ2n) is 5.68. The Labute approximate surface area is 130 Å². The van der Waals surface area contributed by atoms with Crippen LogP contribution in [0.5, 0.6) is 0 Å². The van der Waals surface area contributed by atoms with Crippen molar-refractivity contribution in [2.45, 2.75) is 90.4 Å². The molecule has 0 aliphatic carbocycles. The third kappa shape index (κ3) is 17.0. The van der Waals surface area contributed by atoms with Gasteiger partial charge in [0.05, 0.1) is 12.9 Å². The van der Waals surface area contributed by atoms with Gasteiger partial charge in [0.25, 0.3) is 0 Å². The average Bonchev–Trinajstić information content (AvgIpc) is 2.51. The Morgan fingerprint density at radius 3 is 2.14 bits per heavy atom. The zero-order valence-corrected chi connectivity index (χ0v) is 13.8. The SMILES string of the molecule is CCCCC=CO.O=C1CCCCCCCCCCCO1. The molecule has 3 nitrogen and oxygen atoms in total. The number of aliphatic hydroxyl groups excluding tert-OH is 1. The van der Waals surface area contributed by atoms with Crippen LogP contribution < -0.4 is 0 Å². The third-order valence-corrected chi connectivity index (χ3v) is 3.62. The van der Waals surface area contributed by atoms with Gasteiger partial charge in [0.15, 0.2) is 0 Å². The molecule has 1 fully saturated rings. The van der Waals surface area contributed by atoms with Gasteiger partial charge in [-0.2, -0.15) is 0 Å². The van der Waals surface area contributed by atoms with Crippen LogP contribution in [-0.4, -0.2) is 17.7 Å². The lowest BCUT2D eigenvalue weighted by Gasteiger charge is -2.03. The number of carbonyl (C=O) groups is 1. The summed E-state index contributed by atoms with van der Waals surface area (Å²) < 4.78 is 5.12. The summed E-state index contributed by atoms with van der Waals surface area (Å²) in [4.78, 5) is 11.2. The van der Waals surface area contributed by atoms with Gasteiger partial charge in [-0.25, -0.2) is 0 Å². The predicted octanol–water partition coefficient (Wildman–Crippen LogP) is 5.69. The fraction of sp³-hybridized carbons (Fsp3) is 0.833. The Morgan fingerprint density at radius 2 is 1.57 bits per heavy atom. The van der Waals surface area contributed by atoms with E-state index in [1.165, 1.54) is 57.8 Å². The van der Waals surface area contributed by atoms with Gasteiger partial charge >= 0.3 is 5.97 Å². The van der Waals surface area contributed by atoms with Gasteiger partial charge in [0.2, 0.25) is 0 Å². The Hall–Kier alpha value is -0.990. The lowest BCUT2D eigenvalue weighted by Crippen LogP contribution is -2.05. The van der Waals surface area contributed by atoms with E-state index in [0.717, 1.165) is 25.5 Å². The Bertz CT molecular complexity index is 233. The summed E-state index contributed by atoms with van der Waals surface area (Å²) in [5.41, 5.74) is 0. The number of hydrogen-bond donors (Lipinski definition) is 1. The number of carbonyl (C=O) groups excluding carboxylic acids is 1. The van der Waals surface area contributed by atoms with E-state index < -0.39 is 0 Å². The number of esters is 1. The maximum Gasteiger partial charge on any atom is 0.305 e. The van der Waals surface area contributed by atoms with E-state index in [1.807, 2.05) is 0 Å². The van der Waals surface area contributed by atoms with Crippen LogP contribution in [0.2, 0.25) is 0 Å². The monoisotopic (exact) mass is 298 g/mol. The second-order valence-corrected chi connectivity index (χ2v) is 5.68. The minimum atomic E-state index is 0.00393. The van der Waals surface area contributed by atoms with Crippen molar-refractivity contribution in [1.82, 2.24) is 0 Å². The maximum absolute atomic E-state index is 11.2. The number of allylic oxidation sites excluding steroid dienone is 1. The first-order valence-electron chi connectivity index (χ1n) is 8.76. The molecule has 3 heteroatoms. The molecule has 1 heterocycles. The first kappa shape index (κ1) is 20.0. The molecule has 0 radical (unpaired) electrons. The highest BCUT2D eigenvalue weighted by atomic mass is 16.5. The van der Waals surface area contributed by atoms with E-state index in [-0.39, 0.29) is 5.97 Å². The Balaban J connectivity index is 0.000000486. The summed E-state index contributed by atoms with van der Waals surface area (Å²) in [6.07, 6.45) is 18.0. The van der Waals surface area contributed by atoms with Crippen LogP contribution in [0, 0.1) is 0 Å². The highest BCUT2D eigenvalue weighted by Gasteiger charge is 2.03. The topological polar surface area (TPSA) is 46.5 Å². The van der Waals surface area contributed by atoms with Gasteiger partial charge in [-0.05, 0) is 25.7 Å². The van der Waals surface area contributed by atoms with E-state index in [9.17, 15) is 4.79 Å². The molecule has 21 heavy (non-hydrogen) atoms. The van der Waals surface area contributed by atoms with Gasteiger partial charge < -0.3 is 9.84 Å². The Morgan fingerprint density at radius 1 is 1.00 bits per heavy atom. The molecule has 1 N–H and O–H groups in total. The van der Waals surface area contributed by atoms with Crippen LogP contribution in [-0.2, 0) is 9.53 Å². The summed E-state index contributed by atoms with van der Waals surface area (Å²) in [6.45, 7) is 2.77. The molecule has 0 spiro atoms. The average molecular weight is 298 g/mol. The fourth-order valence-electron chi connectivity index (χ4n) is 2.26. The van der Waals surface area contributed by atoms with Crippen molar-refractivity contribution in [3.05, 3.63) is 12.3 Å². The third-order valence-electron chi connectivity index (χ3n) is 3.62. The number of unbranched alkanes of at least 4 members (excludes halogenated alkanes) is 2. The highest BCUT2D eigenvalue weighted by Crippen LogP contribution is 2.12. The predicted molar refractivity (Wildman–Crippen MR) is 88.4 cm³/mol. The molecule has 1 aliphatic rings. The summed E-state index contributed by atoms with van der Waals surface area (Å²) in [7, 11) is 0. The zero-order chi connectivity index (χ0) is 15.6. The van der Waals surface area contributed by atoms with Gasteiger partial charge in [-0.1, -0.05) is 64.4 Å². The minimum Gasteiger partial charge on any atom is -0.516 e. The van der Waals surface area contributed by atoms with Crippen LogP contribution in [0.15, 0.2) is 12.3 Å². The normalized spacial score (nSPS) is 18.6. The van der Waals surface area contributed by atoms with Crippen LogP contribution in [0.25, 0.3) is 0 Å². The summed E-state index contributed by atoms with van der Waals surface area (Å²) >= 11 is 0. The van der Waals surface area contributed by atoms with Gasteiger partial charge in [0, 0.05) is 6.42 Å². The molecular weight excluding hydrogens is 264 g/mol. The van der Waals surface area contributed by atoms with Crippen molar-refractivity contribution in [2.24, 2.45) is 0 Å². The van der Waals surface area contributed by atoms with Gasteiger partial charge in [-0.15, -0.1) is 0 Å². The molecule has 1 rings (SSSR count). The first-order chi connectivity index (χ1) is 10.3. The lowest BCUT2D eigenvalue weighted by molar-refractivity contribution is -0.143. The highest BCUT2D eigenvalue weighted by molar-refractivity contribution is 5.69. The van der Waals surface area contributed by atoms with Gasteiger partial charge in [0.1, 0.15) is 0 Å². The molecule has 0 unspecified atom stereocenters. The van der Waals surface area contributed by atoms with Crippen molar-refractivity contribution in [1.29, 1.82) is 0 Å². The molecule has 0 amide bonds. The number of rotatable bonds is 3. The van der Waals surface area contributed by atoms with Crippen molar-refractivity contribution in [2.75, 3.05) is 6.61 Å². The summed E-state index contributed by atoms with van der Waals surface area (Å²) in [6, 6.07) is 0. The van der Waals surface area contributed by atoms with E-state index in [1.54, 1.807) is 6.08 Å². The summed E-state index contributed by atoms with van der Waals surface area (Å²) in [5.74, 6) is 0.00393. The molecule has 1 saturated heterocycles. The van der Waals surface area contributed by atoms with Crippen molar-refractivity contribution in [3.8, 4) is 0 Å². The maximum atomic E-state index is 11.2. The lowest BCUT2D eigenvalue weighted by atomic mass is 10.1. The van der Waals surface area contributed by atoms with E-state index in [0.29, 0.717) is 13.0 Å². The molecule has 0 bridgehead atoms. The van der Waals surface area contributed by atoms with E-state index >= 15 is 0 Å². The quantitative estimate of drug-likeness (QED) is 0.413. The van der Waals surface area contributed by atoms with Gasteiger partial charge in [-0.3, -0.25) is 4.79 Å². The minimum absolute atomic E-state index is 0.00393. The van der Waals surface area contributed by atoms with Crippen LogP contribution >= 0.6 is 0 Å². The molecule has 0 aromatic carbocycles. The van der Waals surface area contributed by atoms with Crippen LogP contribution in [0.3, 0.4) is 0 Å². The number of cyclic esters (lactones) is 1. The molecular formula is C18H34O3. The smallest absolute Gasteiger partial charge is 0.305 e. The molecule has 124 valence electrons. The largest absolute Gasteiger partial charge is 0.516 e. The van der Waals surface area contributed by atoms with Crippen LogP contribution in [0.1, 0.15) is 90.4 Å². The number of hydrogen-bond acceptors (Lipinski definition) is 3.